The molecule has 3 unspecified atom stereocenters. The molecule has 0 saturated heterocycles. The van der Waals surface area contributed by atoms with Crippen LogP contribution in [0.3, 0.4) is 0 Å². The third kappa shape index (κ3) is 6.63. The molecule has 0 aliphatic heterocycles. The van der Waals surface area contributed by atoms with Gasteiger partial charge in [-0.2, -0.15) is 0 Å². The van der Waals surface area contributed by atoms with Crippen LogP contribution in [0, 0.1) is 11.8 Å². The summed E-state index contributed by atoms with van der Waals surface area (Å²) >= 11 is 6.61. The Morgan fingerprint density at radius 3 is 2.06 bits per heavy atom. The number of esters is 2. The molecule has 0 spiro atoms. The van der Waals surface area contributed by atoms with Crippen LogP contribution in [0.5, 0.6) is 0 Å². The number of hydrogen-bond donors (Lipinski definition) is 0. The van der Waals surface area contributed by atoms with Crippen LogP contribution in [0.2, 0.25) is 0 Å². The molecule has 3 atom stereocenters. The molecule has 0 radical (unpaired) electrons. The zero-order chi connectivity index (χ0) is 12.7. The van der Waals surface area contributed by atoms with Gasteiger partial charge in [0.15, 0.2) is 0 Å². The van der Waals surface area contributed by atoms with Gasteiger partial charge in [-0.05, 0) is 12.8 Å². The number of hydrogen-bond acceptors (Lipinski definition) is 3. The van der Waals surface area contributed by atoms with Crippen LogP contribution < -0.4 is 0 Å². The molecule has 0 aromatic carbocycles. The maximum Gasteiger partial charge on any atom is 0.316 e. The number of carbonyl (C=O) groups is 2. The van der Waals surface area contributed by atoms with Crippen LogP contribution in [0.15, 0.2) is 0 Å². The van der Waals surface area contributed by atoms with Crippen LogP contribution >= 0.6 is 31.9 Å². The van der Waals surface area contributed by atoms with Crippen molar-refractivity contribution in [2.75, 3.05) is 5.33 Å². The molecule has 0 aromatic rings. The lowest BCUT2D eigenvalue weighted by Crippen LogP contribution is -2.24. The second kappa shape index (κ2) is 8.23. The average Bonchev–Trinajstić information content (AvgIpc) is 2.16. The molecule has 5 heteroatoms. The van der Waals surface area contributed by atoms with Gasteiger partial charge in [-0.15, -0.1) is 0 Å². The van der Waals surface area contributed by atoms with Gasteiger partial charge in [0, 0.05) is 10.2 Å². The molecule has 0 N–H and O–H groups in total. The number of halogens is 2. The van der Waals surface area contributed by atoms with Crippen LogP contribution in [0.25, 0.3) is 0 Å². The highest BCUT2D eigenvalue weighted by Gasteiger charge is 2.22. The second-order valence-corrected chi connectivity index (χ2v) is 6.39. The van der Waals surface area contributed by atoms with Crippen molar-refractivity contribution in [1.82, 2.24) is 0 Å². The Morgan fingerprint density at radius 1 is 1.12 bits per heavy atom. The first-order chi connectivity index (χ1) is 7.38. The van der Waals surface area contributed by atoms with E-state index in [2.05, 4.69) is 31.9 Å². The first kappa shape index (κ1) is 16.1. The van der Waals surface area contributed by atoms with E-state index in [4.69, 9.17) is 4.74 Å². The number of carbonyl (C=O) groups excluding carboxylic acids is 2. The van der Waals surface area contributed by atoms with E-state index in [9.17, 15) is 9.59 Å². The fourth-order valence-corrected chi connectivity index (χ4v) is 2.41. The standard InChI is InChI=1S/C11H18Br2O3/c1-7(4-5-12)10(14)16-11(15)8(2)6-9(3)13/h7-9H,4-6H2,1-3H3. The molecule has 0 bridgehead atoms. The topological polar surface area (TPSA) is 43.4 Å². The van der Waals surface area contributed by atoms with Gasteiger partial charge in [0.2, 0.25) is 0 Å². The van der Waals surface area contributed by atoms with Crippen molar-refractivity contribution in [1.29, 1.82) is 0 Å². The fraction of sp³-hybridized carbons (Fsp3) is 0.818. The molecule has 94 valence electrons. The zero-order valence-electron chi connectivity index (χ0n) is 9.83. The SMILES string of the molecule is CC(Br)CC(C)C(=O)OC(=O)C(C)CCBr. The lowest BCUT2D eigenvalue weighted by atomic mass is 10.1. The van der Waals surface area contributed by atoms with Crippen LogP contribution in [0.1, 0.15) is 33.6 Å². The van der Waals surface area contributed by atoms with Gasteiger partial charge in [-0.1, -0.05) is 52.6 Å². The number of rotatable bonds is 6. The van der Waals surface area contributed by atoms with Gasteiger partial charge in [0.05, 0.1) is 11.8 Å². The highest BCUT2D eigenvalue weighted by molar-refractivity contribution is 9.09. The Balaban J connectivity index is 4.08. The van der Waals surface area contributed by atoms with Crippen molar-refractivity contribution in [3.05, 3.63) is 0 Å². The van der Waals surface area contributed by atoms with Crippen molar-refractivity contribution >= 4 is 43.8 Å². The van der Waals surface area contributed by atoms with E-state index in [-0.39, 0.29) is 16.7 Å². The van der Waals surface area contributed by atoms with Crippen molar-refractivity contribution in [2.24, 2.45) is 11.8 Å². The smallest absolute Gasteiger partial charge is 0.316 e. The summed E-state index contributed by atoms with van der Waals surface area (Å²) in [6.07, 6.45) is 1.34. The first-order valence-electron chi connectivity index (χ1n) is 5.34. The normalized spacial score (nSPS) is 16.3. The highest BCUT2D eigenvalue weighted by Crippen LogP contribution is 2.15. The summed E-state index contributed by atoms with van der Waals surface area (Å²) in [5.74, 6) is -1.36. The van der Waals surface area contributed by atoms with Gasteiger partial charge in [-0.25, -0.2) is 0 Å². The quantitative estimate of drug-likeness (QED) is 0.416. The molecule has 0 amide bonds. The predicted octanol–water partition coefficient (Wildman–Crippen LogP) is 3.29. The third-order valence-corrected chi connectivity index (χ3v) is 3.06. The van der Waals surface area contributed by atoms with Crippen molar-refractivity contribution in [3.63, 3.8) is 0 Å². The van der Waals surface area contributed by atoms with Crippen LogP contribution in [-0.4, -0.2) is 22.1 Å². The number of ether oxygens (including phenoxy) is 1. The van der Waals surface area contributed by atoms with E-state index in [0.29, 0.717) is 12.8 Å². The minimum absolute atomic E-state index is 0.239. The molecule has 0 aliphatic carbocycles. The largest absolute Gasteiger partial charge is 0.393 e. The van der Waals surface area contributed by atoms with Gasteiger partial charge >= 0.3 is 11.9 Å². The monoisotopic (exact) mass is 356 g/mol. The summed E-state index contributed by atoms with van der Waals surface area (Å²) in [6, 6.07) is 0. The molecule has 0 rings (SSSR count). The van der Waals surface area contributed by atoms with Crippen LogP contribution in [-0.2, 0) is 14.3 Å². The second-order valence-electron chi connectivity index (χ2n) is 4.04. The third-order valence-electron chi connectivity index (χ3n) is 2.23. The van der Waals surface area contributed by atoms with E-state index in [0.717, 1.165) is 5.33 Å². The lowest BCUT2D eigenvalue weighted by Gasteiger charge is -2.13. The molecule has 0 heterocycles. The molecule has 0 saturated carbocycles. The number of alkyl halides is 2. The fourth-order valence-electron chi connectivity index (χ4n) is 1.17. The van der Waals surface area contributed by atoms with E-state index in [1.165, 1.54) is 0 Å². The summed E-state index contributed by atoms with van der Waals surface area (Å²) < 4.78 is 4.81. The Hall–Kier alpha value is 0.1000. The van der Waals surface area contributed by atoms with Crippen molar-refractivity contribution in [2.45, 2.75) is 38.4 Å². The molecule has 0 fully saturated rings. The minimum Gasteiger partial charge on any atom is -0.393 e. The average molecular weight is 358 g/mol. The Kier molecular flexibility index (Phi) is 8.28. The minimum atomic E-state index is -0.433. The zero-order valence-corrected chi connectivity index (χ0v) is 13.0. The summed E-state index contributed by atoms with van der Waals surface area (Å²) in [5, 5.41) is 0.728. The highest BCUT2D eigenvalue weighted by atomic mass is 79.9. The molecule has 0 aromatic heterocycles. The van der Waals surface area contributed by atoms with Gasteiger partial charge in [-0.3, -0.25) is 9.59 Å². The van der Waals surface area contributed by atoms with E-state index >= 15 is 0 Å². The van der Waals surface area contributed by atoms with E-state index < -0.39 is 11.9 Å². The molecule has 3 nitrogen and oxygen atoms in total. The van der Waals surface area contributed by atoms with E-state index in [1.807, 2.05) is 6.92 Å². The summed E-state index contributed by atoms with van der Waals surface area (Å²) in [7, 11) is 0. The maximum absolute atomic E-state index is 11.5. The molecule has 0 aliphatic rings. The molecular formula is C11H18Br2O3. The van der Waals surface area contributed by atoms with Crippen LogP contribution in [0.4, 0.5) is 0 Å². The Bertz CT molecular complexity index is 241. The van der Waals surface area contributed by atoms with Crippen molar-refractivity contribution < 1.29 is 14.3 Å². The summed E-state index contributed by atoms with van der Waals surface area (Å²) in [6.45, 7) is 5.48. The lowest BCUT2D eigenvalue weighted by molar-refractivity contribution is -0.165. The Labute approximate surface area is 114 Å². The maximum atomic E-state index is 11.5. The summed E-state index contributed by atoms with van der Waals surface area (Å²) in [4.78, 5) is 23.2. The van der Waals surface area contributed by atoms with Gasteiger partial charge in [0.1, 0.15) is 0 Å². The first-order valence-corrected chi connectivity index (χ1v) is 7.37. The van der Waals surface area contributed by atoms with E-state index in [1.54, 1.807) is 13.8 Å². The molecular weight excluding hydrogens is 340 g/mol. The van der Waals surface area contributed by atoms with Crippen molar-refractivity contribution in [3.8, 4) is 0 Å². The van der Waals surface area contributed by atoms with Gasteiger partial charge in [0.25, 0.3) is 0 Å². The summed E-state index contributed by atoms with van der Waals surface area (Å²) in [5.41, 5.74) is 0. The van der Waals surface area contributed by atoms with Gasteiger partial charge < -0.3 is 4.74 Å². The Morgan fingerprint density at radius 2 is 1.62 bits per heavy atom. The predicted molar refractivity (Wildman–Crippen MR) is 70.8 cm³/mol. The molecule has 16 heavy (non-hydrogen) atoms.